The molecular weight excluding hydrogens is 220 g/mol. The molecule has 0 amide bonds. The van der Waals surface area contributed by atoms with Crippen LogP contribution in [0.2, 0.25) is 0 Å². The zero-order valence-corrected chi connectivity index (χ0v) is 9.56. The topological polar surface area (TPSA) is 18.5 Å². The van der Waals surface area contributed by atoms with Gasteiger partial charge in [-0.15, -0.1) is 0 Å². The molecule has 0 heterocycles. The standard InChI is InChI=1S/C9H17BrO2/c1-9(2,3)12-11-8-6-4-5-7(8)10/h7-8H,4-6H2,1-3H3. The summed E-state index contributed by atoms with van der Waals surface area (Å²) in [6, 6.07) is 0. The smallest absolute Gasteiger partial charge is 0.105 e. The molecule has 1 saturated carbocycles. The highest BCUT2D eigenvalue weighted by atomic mass is 79.9. The lowest BCUT2D eigenvalue weighted by Crippen LogP contribution is -2.26. The summed E-state index contributed by atoms with van der Waals surface area (Å²) in [6.45, 7) is 5.97. The predicted octanol–water partition coefficient (Wildman–Crippen LogP) is 3.05. The molecule has 0 aromatic carbocycles. The highest BCUT2D eigenvalue weighted by molar-refractivity contribution is 9.09. The van der Waals surface area contributed by atoms with Crippen LogP contribution in [0.3, 0.4) is 0 Å². The van der Waals surface area contributed by atoms with Gasteiger partial charge in [0.25, 0.3) is 0 Å². The summed E-state index contributed by atoms with van der Waals surface area (Å²) in [5.74, 6) is 0. The Hall–Kier alpha value is 0.400. The fraction of sp³-hybridized carbons (Fsp3) is 1.00. The first-order valence-electron chi connectivity index (χ1n) is 4.47. The van der Waals surface area contributed by atoms with Crippen molar-refractivity contribution in [3.05, 3.63) is 0 Å². The second kappa shape index (κ2) is 4.07. The summed E-state index contributed by atoms with van der Waals surface area (Å²) in [6.07, 6.45) is 3.77. The Balaban J connectivity index is 2.23. The molecule has 0 aromatic heterocycles. The first-order chi connectivity index (χ1) is 5.49. The summed E-state index contributed by atoms with van der Waals surface area (Å²) >= 11 is 3.57. The van der Waals surface area contributed by atoms with Gasteiger partial charge in [0.05, 0.1) is 5.60 Å². The molecule has 1 rings (SSSR count). The molecule has 0 radical (unpaired) electrons. The molecule has 0 spiro atoms. The van der Waals surface area contributed by atoms with E-state index in [0.29, 0.717) is 4.83 Å². The lowest BCUT2D eigenvalue weighted by molar-refractivity contribution is -0.370. The van der Waals surface area contributed by atoms with Gasteiger partial charge in [-0.05, 0) is 40.0 Å². The fourth-order valence-corrected chi connectivity index (χ4v) is 1.87. The molecule has 2 nitrogen and oxygen atoms in total. The van der Waals surface area contributed by atoms with Crippen molar-refractivity contribution in [2.75, 3.05) is 0 Å². The average Bonchev–Trinajstić information content (AvgIpc) is 2.29. The lowest BCUT2D eigenvalue weighted by Gasteiger charge is -2.22. The summed E-state index contributed by atoms with van der Waals surface area (Å²) in [5, 5.41) is 0. The number of halogens is 1. The summed E-state index contributed by atoms with van der Waals surface area (Å²) in [4.78, 5) is 11.1. The third-order valence-corrected chi connectivity index (χ3v) is 2.84. The zero-order valence-electron chi connectivity index (χ0n) is 7.97. The Kier molecular flexibility index (Phi) is 3.56. The van der Waals surface area contributed by atoms with Gasteiger partial charge in [0, 0.05) is 4.83 Å². The molecule has 0 bridgehead atoms. The lowest BCUT2D eigenvalue weighted by atomic mass is 10.2. The third-order valence-electron chi connectivity index (χ3n) is 1.79. The average molecular weight is 237 g/mol. The van der Waals surface area contributed by atoms with Gasteiger partial charge >= 0.3 is 0 Å². The molecule has 0 aliphatic heterocycles. The largest absolute Gasteiger partial charge is 0.232 e. The van der Waals surface area contributed by atoms with Crippen LogP contribution in [0.25, 0.3) is 0 Å². The van der Waals surface area contributed by atoms with Crippen LogP contribution in [0.5, 0.6) is 0 Å². The van der Waals surface area contributed by atoms with Gasteiger partial charge in [-0.3, -0.25) is 0 Å². The van der Waals surface area contributed by atoms with Crippen LogP contribution in [0, 0.1) is 0 Å². The van der Waals surface area contributed by atoms with Crippen LogP contribution in [-0.2, 0) is 9.78 Å². The highest BCUT2D eigenvalue weighted by Gasteiger charge is 2.28. The van der Waals surface area contributed by atoms with Crippen LogP contribution in [0.15, 0.2) is 0 Å². The van der Waals surface area contributed by atoms with Crippen LogP contribution >= 0.6 is 15.9 Å². The van der Waals surface area contributed by atoms with Gasteiger partial charge in [-0.2, -0.15) is 0 Å². The molecular formula is C9H17BrO2. The molecule has 2 unspecified atom stereocenters. The van der Waals surface area contributed by atoms with Crippen LogP contribution in [-0.4, -0.2) is 16.5 Å². The minimum absolute atomic E-state index is 0.199. The normalized spacial score (nSPS) is 31.0. The Morgan fingerprint density at radius 3 is 2.33 bits per heavy atom. The van der Waals surface area contributed by atoms with E-state index in [1.807, 2.05) is 20.8 Å². The molecule has 0 N–H and O–H groups in total. The number of hydrogen-bond acceptors (Lipinski definition) is 2. The van der Waals surface area contributed by atoms with Crippen LogP contribution in [0.4, 0.5) is 0 Å². The molecule has 72 valence electrons. The van der Waals surface area contributed by atoms with Crippen LogP contribution < -0.4 is 0 Å². The molecule has 1 aliphatic rings. The monoisotopic (exact) mass is 236 g/mol. The van der Waals surface area contributed by atoms with E-state index in [9.17, 15) is 0 Å². The summed E-state index contributed by atoms with van der Waals surface area (Å²) in [5.41, 5.74) is -0.199. The van der Waals surface area contributed by atoms with Crippen LogP contribution in [0.1, 0.15) is 40.0 Å². The minimum atomic E-state index is -0.199. The number of rotatable bonds is 2. The van der Waals surface area contributed by atoms with Gasteiger partial charge in [0.2, 0.25) is 0 Å². The Morgan fingerprint density at radius 1 is 1.25 bits per heavy atom. The maximum Gasteiger partial charge on any atom is 0.105 e. The van der Waals surface area contributed by atoms with E-state index >= 15 is 0 Å². The Labute approximate surface area is 82.7 Å². The molecule has 0 saturated heterocycles. The van der Waals surface area contributed by atoms with Crippen molar-refractivity contribution in [2.24, 2.45) is 0 Å². The first kappa shape index (κ1) is 10.5. The Bertz CT molecular complexity index is 142. The van der Waals surface area contributed by atoms with Gasteiger partial charge < -0.3 is 0 Å². The molecule has 0 aromatic rings. The van der Waals surface area contributed by atoms with Gasteiger partial charge in [0.1, 0.15) is 6.10 Å². The SMILES string of the molecule is CC(C)(C)OOC1CCCC1Br. The van der Waals surface area contributed by atoms with E-state index in [4.69, 9.17) is 9.78 Å². The summed E-state index contributed by atoms with van der Waals surface area (Å²) < 4.78 is 0. The van der Waals surface area contributed by atoms with Crippen molar-refractivity contribution < 1.29 is 9.78 Å². The van der Waals surface area contributed by atoms with Crippen molar-refractivity contribution in [3.8, 4) is 0 Å². The second-order valence-electron chi connectivity index (χ2n) is 4.28. The minimum Gasteiger partial charge on any atom is -0.232 e. The number of hydrogen-bond donors (Lipinski definition) is 0. The molecule has 2 atom stereocenters. The molecule has 3 heteroatoms. The van der Waals surface area contributed by atoms with E-state index in [-0.39, 0.29) is 11.7 Å². The van der Waals surface area contributed by atoms with Crippen molar-refractivity contribution in [1.29, 1.82) is 0 Å². The van der Waals surface area contributed by atoms with E-state index in [1.54, 1.807) is 0 Å². The maximum atomic E-state index is 5.33. The predicted molar refractivity (Wildman–Crippen MR) is 52.3 cm³/mol. The fourth-order valence-electron chi connectivity index (χ4n) is 1.20. The van der Waals surface area contributed by atoms with Gasteiger partial charge in [0.15, 0.2) is 0 Å². The van der Waals surface area contributed by atoms with Crippen molar-refractivity contribution in [3.63, 3.8) is 0 Å². The van der Waals surface area contributed by atoms with E-state index in [2.05, 4.69) is 15.9 Å². The van der Waals surface area contributed by atoms with Gasteiger partial charge in [-0.25, -0.2) is 9.78 Å². The zero-order chi connectivity index (χ0) is 9.19. The van der Waals surface area contributed by atoms with Crippen molar-refractivity contribution in [1.82, 2.24) is 0 Å². The molecule has 12 heavy (non-hydrogen) atoms. The van der Waals surface area contributed by atoms with Crippen molar-refractivity contribution in [2.45, 2.75) is 56.6 Å². The molecule has 1 fully saturated rings. The maximum absolute atomic E-state index is 5.33. The number of alkyl halides is 1. The van der Waals surface area contributed by atoms with E-state index in [1.165, 1.54) is 12.8 Å². The van der Waals surface area contributed by atoms with E-state index in [0.717, 1.165) is 6.42 Å². The third kappa shape index (κ3) is 3.42. The second-order valence-corrected chi connectivity index (χ2v) is 5.45. The molecule has 1 aliphatic carbocycles. The first-order valence-corrected chi connectivity index (χ1v) is 5.39. The van der Waals surface area contributed by atoms with Crippen molar-refractivity contribution >= 4 is 15.9 Å². The highest BCUT2D eigenvalue weighted by Crippen LogP contribution is 2.29. The van der Waals surface area contributed by atoms with Gasteiger partial charge in [-0.1, -0.05) is 15.9 Å². The quantitative estimate of drug-likeness (QED) is 0.417. The summed E-state index contributed by atoms with van der Waals surface area (Å²) in [7, 11) is 0. The van der Waals surface area contributed by atoms with E-state index < -0.39 is 0 Å². The Morgan fingerprint density at radius 2 is 1.92 bits per heavy atom.